The van der Waals surface area contributed by atoms with Gasteiger partial charge < -0.3 is 4.57 Å². The lowest BCUT2D eigenvalue weighted by molar-refractivity contribution is 0.231. The molecule has 1 aromatic heterocycles. The monoisotopic (exact) mass is 192 g/mol. The molecule has 0 saturated carbocycles. The summed E-state index contributed by atoms with van der Waals surface area (Å²) in [6.45, 7) is 11.5. The Labute approximate surface area is 86.5 Å². The summed E-state index contributed by atoms with van der Waals surface area (Å²) in [6, 6.07) is 2.29. The molecule has 0 aromatic carbocycles. The Kier molecular flexibility index (Phi) is 2.64. The third-order valence-electron chi connectivity index (χ3n) is 3.21. The van der Waals surface area contributed by atoms with E-state index in [-0.39, 0.29) is 0 Å². The van der Waals surface area contributed by atoms with Crippen molar-refractivity contribution in [2.75, 3.05) is 13.1 Å². The zero-order valence-electron chi connectivity index (χ0n) is 9.45. The maximum absolute atomic E-state index is 2.52. The van der Waals surface area contributed by atoms with Crippen LogP contribution in [0.1, 0.15) is 37.9 Å². The zero-order valence-corrected chi connectivity index (χ0v) is 9.45. The highest BCUT2D eigenvalue weighted by molar-refractivity contribution is 5.26. The molecule has 0 saturated heterocycles. The van der Waals surface area contributed by atoms with Gasteiger partial charge in [-0.3, -0.25) is 4.90 Å². The molecule has 0 fully saturated rings. The number of nitrogens with zero attached hydrogens (tertiary/aromatic N) is 2. The minimum atomic E-state index is 0.656. The van der Waals surface area contributed by atoms with E-state index in [4.69, 9.17) is 0 Å². The highest BCUT2D eigenvalue weighted by Crippen LogP contribution is 2.24. The van der Waals surface area contributed by atoms with Crippen LogP contribution >= 0.6 is 0 Å². The van der Waals surface area contributed by atoms with Crippen LogP contribution in [0.5, 0.6) is 0 Å². The molecular formula is C12H20N2. The average Bonchev–Trinajstić information content (AvgIpc) is 2.59. The van der Waals surface area contributed by atoms with Crippen molar-refractivity contribution < 1.29 is 0 Å². The zero-order chi connectivity index (χ0) is 10.1. The van der Waals surface area contributed by atoms with Crippen molar-refractivity contribution in [1.29, 1.82) is 0 Å². The predicted octanol–water partition coefficient (Wildman–Crippen LogP) is 2.45. The van der Waals surface area contributed by atoms with Gasteiger partial charge in [0.2, 0.25) is 0 Å². The fraction of sp³-hybridized carbons (Fsp3) is 0.667. The standard InChI is InChI=1S/C12H20N2/c1-4-13-7-8-14-6-5-11(10(2)3)12(14)9-13/h5-6,10H,4,7-9H2,1-3H3. The SMILES string of the molecule is CCN1CCn2ccc(C(C)C)c2C1. The van der Waals surface area contributed by atoms with Crippen LogP contribution in [0.4, 0.5) is 0 Å². The minimum Gasteiger partial charge on any atom is -0.349 e. The smallest absolute Gasteiger partial charge is 0.0390 e. The molecule has 1 aliphatic rings. The molecule has 0 amide bonds. The Hall–Kier alpha value is -0.760. The molecule has 1 aromatic rings. The van der Waals surface area contributed by atoms with E-state index in [1.165, 1.54) is 24.3 Å². The van der Waals surface area contributed by atoms with Gasteiger partial charge in [-0.15, -0.1) is 0 Å². The second-order valence-electron chi connectivity index (χ2n) is 4.43. The Morgan fingerprint density at radius 2 is 2.14 bits per heavy atom. The molecule has 0 radical (unpaired) electrons. The Balaban J connectivity index is 2.28. The fourth-order valence-corrected chi connectivity index (χ4v) is 2.25. The minimum absolute atomic E-state index is 0.656. The number of fused-ring (bicyclic) bond motifs is 1. The highest BCUT2D eigenvalue weighted by Gasteiger charge is 2.18. The van der Waals surface area contributed by atoms with Gasteiger partial charge in [-0.1, -0.05) is 20.8 Å². The third-order valence-corrected chi connectivity index (χ3v) is 3.21. The lowest BCUT2D eigenvalue weighted by atomic mass is 10.0. The van der Waals surface area contributed by atoms with Crippen molar-refractivity contribution >= 4 is 0 Å². The Morgan fingerprint density at radius 1 is 1.36 bits per heavy atom. The van der Waals surface area contributed by atoms with Crippen LogP contribution in [0.15, 0.2) is 12.3 Å². The maximum Gasteiger partial charge on any atom is 0.0390 e. The van der Waals surface area contributed by atoms with Crippen LogP contribution in [0.3, 0.4) is 0 Å². The summed E-state index contributed by atoms with van der Waals surface area (Å²) in [7, 11) is 0. The van der Waals surface area contributed by atoms with Crippen LogP contribution < -0.4 is 0 Å². The van der Waals surface area contributed by atoms with Crippen molar-refractivity contribution in [3.05, 3.63) is 23.5 Å². The fourth-order valence-electron chi connectivity index (χ4n) is 2.25. The molecule has 14 heavy (non-hydrogen) atoms. The second kappa shape index (κ2) is 3.77. The van der Waals surface area contributed by atoms with E-state index in [9.17, 15) is 0 Å². The van der Waals surface area contributed by atoms with Crippen molar-refractivity contribution in [3.8, 4) is 0 Å². The summed E-state index contributed by atoms with van der Waals surface area (Å²) < 4.78 is 2.42. The third kappa shape index (κ3) is 1.59. The van der Waals surface area contributed by atoms with Crippen molar-refractivity contribution in [3.63, 3.8) is 0 Å². The molecule has 2 rings (SSSR count). The summed E-state index contributed by atoms with van der Waals surface area (Å²) in [6.07, 6.45) is 2.25. The summed E-state index contributed by atoms with van der Waals surface area (Å²) in [5.41, 5.74) is 3.07. The quantitative estimate of drug-likeness (QED) is 0.698. The van der Waals surface area contributed by atoms with Crippen LogP contribution in [0.25, 0.3) is 0 Å². The molecule has 0 bridgehead atoms. The first kappa shape index (κ1) is 9.78. The molecule has 78 valence electrons. The van der Waals surface area contributed by atoms with E-state index < -0.39 is 0 Å². The van der Waals surface area contributed by atoms with Gasteiger partial charge in [0, 0.05) is 31.5 Å². The van der Waals surface area contributed by atoms with Gasteiger partial charge in [0.25, 0.3) is 0 Å². The van der Waals surface area contributed by atoms with Crippen molar-refractivity contribution in [2.45, 2.75) is 39.8 Å². The largest absolute Gasteiger partial charge is 0.349 e. The molecule has 0 spiro atoms. The molecule has 1 aliphatic heterocycles. The first-order valence-corrected chi connectivity index (χ1v) is 5.62. The first-order valence-electron chi connectivity index (χ1n) is 5.62. The Bertz CT molecular complexity index is 312. The molecular weight excluding hydrogens is 172 g/mol. The van der Waals surface area contributed by atoms with Gasteiger partial charge in [0.05, 0.1) is 0 Å². The van der Waals surface area contributed by atoms with Crippen LogP contribution in [0.2, 0.25) is 0 Å². The molecule has 2 heteroatoms. The first-order chi connectivity index (χ1) is 6.72. The van der Waals surface area contributed by atoms with E-state index in [0.29, 0.717) is 5.92 Å². The molecule has 2 nitrogen and oxygen atoms in total. The lowest BCUT2D eigenvalue weighted by Gasteiger charge is -2.28. The van der Waals surface area contributed by atoms with Gasteiger partial charge in [0.1, 0.15) is 0 Å². The number of hydrogen-bond acceptors (Lipinski definition) is 1. The van der Waals surface area contributed by atoms with Crippen LogP contribution in [-0.4, -0.2) is 22.6 Å². The molecule has 2 heterocycles. The van der Waals surface area contributed by atoms with E-state index in [0.717, 1.165) is 13.1 Å². The summed E-state index contributed by atoms with van der Waals surface area (Å²) in [5.74, 6) is 0.656. The summed E-state index contributed by atoms with van der Waals surface area (Å²) >= 11 is 0. The topological polar surface area (TPSA) is 8.17 Å². The summed E-state index contributed by atoms with van der Waals surface area (Å²) in [4.78, 5) is 2.52. The Morgan fingerprint density at radius 3 is 2.79 bits per heavy atom. The molecule has 0 N–H and O–H groups in total. The highest BCUT2D eigenvalue weighted by atomic mass is 15.2. The van der Waals surface area contributed by atoms with Crippen molar-refractivity contribution in [2.24, 2.45) is 0 Å². The maximum atomic E-state index is 2.52. The van der Waals surface area contributed by atoms with Gasteiger partial charge in [-0.25, -0.2) is 0 Å². The second-order valence-corrected chi connectivity index (χ2v) is 4.43. The van der Waals surface area contributed by atoms with Crippen LogP contribution in [0, 0.1) is 0 Å². The van der Waals surface area contributed by atoms with E-state index in [1.54, 1.807) is 0 Å². The van der Waals surface area contributed by atoms with Gasteiger partial charge in [0.15, 0.2) is 0 Å². The molecule has 0 unspecified atom stereocenters. The lowest BCUT2D eigenvalue weighted by Crippen LogP contribution is -2.33. The molecule has 0 atom stereocenters. The van der Waals surface area contributed by atoms with Gasteiger partial charge >= 0.3 is 0 Å². The van der Waals surface area contributed by atoms with Crippen LogP contribution in [-0.2, 0) is 13.1 Å². The summed E-state index contributed by atoms with van der Waals surface area (Å²) in [5, 5.41) is 0. The van der Waals surface area contributed by atoms with Gasteiger partial charge in [-0.05, 0) is 24.1 Å². The van der Waals surface area contributed by atoms with E-state index >= 15 is 0 Å². The number of likely N-dealkylation sites (N-methyl/N-ethyl adjacent to an activating group) is 1. The predicted molar refractivity (Wildman–Crippen MR) is 59.5 cm³/mol. The molecule has 0 aliphatic carbocycles. The van der Waals surface area contributed by atoms with Crippen molar-refractivity contribution in [1.82, 2.24) is 9.47 Å². The number of rotatable bonds is 2. The van der Waals surface area contributed by atoms with Gasteiger partial charge in [-0.2, -0.15) is 0 Å². The van der Waals surface area contributed by atoms with E-state index in [1.807, 2.05) is 0 Å². The average molecular weight is 192 g/mol. The number of aromatic nitrogens is 1. The van der Waals surface area contributed by atoms with E-state index in [2.05, 4.69) is 42.5 Å². The number of hydrogen-bond donors (Lipinski definition) is 0. The normalized spacial score (nSPS) is 17.4.